The van der Waals surface area contributed by atoms with E-state index in [9.17, 15) is 13.2 Å². The van der Waals surface area contributed by atoms with E-state index in [1.54, 1.807) is 18.2 Å². The molecule has 1 N–H and O–H groups in total. The highest BCUT2D eigenvalue weighted by Gasteiger charge is 2.26. The van der Waals surface area contributed by atoms with Crippen LogP contribution in [0.3, 0.4) is 0 Å². The van der Waals surface area contributed by atoms with Crippen LogP contribution in [0.25, 0.3) is 0 Å². The Labute approximate surface area is 145 Å². The third-order valence-corrected chi connectivity index (χ3v) is 6.81. The summed E-state index contributed by atoms with van der Waals surface area (Å²) in [4.78, 5) is 12.5. The zero-order valence-electron chi connectivity index (χ0n) is 15.0. The van der Waals surface area contributed by atoms with Crippen LogP contribution in [0.2, 0.25) is 0 Å². The van der Waals surface area contributed by atoms with Gasteiger partial charge in [0.05, 0.1) is 11.4 Å². The van der Waals surface area contributed by atoms with Crippen molar-refractivity contribution in [3.63, 3.8) is 0 Å². The maximum atomic E-state index is 12.6. The Morgan fingerprint density at radius 3 is 2.50 bits per heavy atom. The lowest BCUT2D eigenvalue weighted by molar-refractivity contribution is -0.122. The normalized spacial score (nSPS) is 21.7. The first-order valence-electron chi connectivity index (χ1n) is 8.55. The number of sulfonamides is 1. The monoisotopic (exact) mass is 352 g/mol. The highest BCUT2D eigenvalue weighted by Crippen LogP contribution is 2.24. The van der Waals surface area contributed by atoms with Crippen molar-refractivity contribution >= 4 is 15.9 Å². The van der Waals surface area contributed by atoms with Crippen LogP contribution in [0.4, 0.5) is 0 Å². The van der Waals surface area contributed by atoms with E-state index < -0.39 is 10.0 Å². The Kier molecular flexibility index (Phi) is 6.04. The van der Waals surface area contributed by atoms with Gasteiger partial charge in [-0.05, 0) is 55.9 Å². The lowest BCUT2D eigenvalue weighted by Gasteiger charge is -2.30. The summed E-state index contributed by atoms with van der Waals surface area (Å²) in [6, 6.07) is 5.20. The molecule has 1 fully saturated rings. The number of nitrogens with zero attached hydrogens (tertiary/aromatic N) is 1. The average molecular weight is 353 g/mol. The first-order valence-corrected chi connectivity index (χ1v) is 9.99. The van der Waals surface area contributed by atoms with E-state index in [0.29, 0.717) is 5.92 Å². The first-order chi connectivity index (χ1) is 11.2. The molecule has 0 aromatic heterocycles. The molecule has 0 heterocycles. The molecule has 0 spiro atoms. The zero-order valence-corrected chi connectivity index (χ0v) is 15.8. The smallest absolute Gasteiger partial charge is 0.243 e. The first kappa shape index (κ1) is 18.9. The number of hydrogen-bond donors (Lipinski definition) is 1. The van der Waals surface area contributed by atoms with E-state index in [2.05, 4.69) is 12.2 Å². The maximum Gasteiger partial charge on any atom is 0.243 e. The van der Waals surface area contributed by atoms with Crippen molar-refractivity contribution in [1.29, 1.82) is 0 Å². The van der Waals surface area contributed by atoms with Crippen molar-refractivity contribution < 1.29 is 13.2 Å². The topological polar surface area (TPSA) is 66.5 Å². The molecule has 0 bridgehead atoms. The van der Waals surface area contributed by atoms with E-state index in [0.717, 1.165) is 34.7 Å². The number of amides is 1. The molecule has 0 radical (unpaired) electrons. The van der Waals surface area contributed by atoms with E-state index in [4.69, 9.17) is 0 Å². The van der Waals surface area contributed by atoms with Crippen LogP contribution in [-0.2, 0) is 14.8 Å². The number of benzene rings is 1. The molecule has 1 aliphatic rings. The van der Waals surface area contributed by atoms with Crippen LogP contribution in [0.15, 0.2) is 23.1 Å². The molecule has 1 saturated carbocycles. The molecule has 24 heavy (non-hydrogen) atoms. The number of nitrogens with one attached hydrogen (secondary N) is 1. The zero-order chi connectivity index (χ0) is 17.9. The van der Waals surface area contributed by atoms with Gasteiger partial charge in [0.1, 0.15) is 0 Å². The third-order valence-electron chi connectivity index (χ3n) is 5.01. The lowest BCUT2D eigenvalue weighted by Crippen LogP contribution is -2.46. The molecule has 1 aromatic rings. The van der Waals surface area contributed by atoms with Gasteiger partial charge in [-0.25, -0.2) is 8.42 Å². The van der Waals surface area contributed by atoms with Gasteiger partial charge in [-0.3, -0.25) is 4.79 Å². The van der Waals surface area contributed by atoms with Gasteiger partial charge >= 0.3 is 0 Å². The summed E-state index contributed by atoms with van der Waals surface area (Å²) in [6.45, 7) is 5.80. The second-order valence-electron chi connectivity index (χ2n) is 6.94. The van der Waals surface area contributed by atoms with Crippen LogP contribution >= 0.6 is 0 Å². The minimum atomic E-state index is -3.66. The van der Waals surface area contributed by atoms with Crippen molar-refractivity contribution in [2.75, 3.05) is 13.6 Å². The number of carbonyl (C=O) groups excluding carboxylic acids is 1. The Balaban J connectivity index is 2.03. The van der Waals surface area contributed by atoms with Gasteiger partial charge in [-0.2, -0.15) is 4.31 Å². The Bertz CT molecular complexity index is 700. The van der Waals surface area contributed by atoms with Crippen LogP contribution < -0.4 is 5.32 Å². The third kappa shape index (κ3) is 4.36. The average Bonchev–Trinajstić information content (AvgIpc) is 2.52. The van der Waals surface area contributed by atoms with Crippen molar-refractivity contribution in [1.82, 2.24) is 9.62 Å². The summed E-state index contributed by atoms with van der Waals surface area (Å²) < 4.78 is 26.4. The Hall–Kier alpha value is -1.40. The fourth-order valence-corrected chi connectivity index (χ4v) is 4.34. The Morgan fingerprint density at radius 1 is 1.21 bits per heavy atom. The van der Waals surface area contributed by atoms with Crippen molar-refractivity contribution in [2.24, 2.45) is 5.92 Å². The fourth-order valence-electron chi connectivity index (χ4n) is 3.12. The van der Waals surface area contributed by atoms with Gasteiger partial charge in [0, 0.05) is 13.1 Å². The molecule has 1 amide bonds. The number of carbonyl (C=O) groups is 1. The SMILES string of the molecule is Cc1ccc(S(=O)(=O)N(C)CC(=O)NC2CCCCC2C)cc1C. The van der Waals surface area contributed by atoms with E-state index in [1.165, 1.54) is 13.5 Å². The molecule has 0 saturated heterocycles. The highest BCUT2D eigenvalue weighted by atomic mass is 32.2. The van der Waals surface area contributed by atoms with E-state index in [-0.39, 0.29) is 23.4 Å². The molecule has 2 atom stereocenters. The Morgan fingerprint density at radius 2 is 1.88 bits per heavy atom. The van der Waals surface area contributed by atoms with Crippen molar-refractivity contribution in [3.8, 4) is 0 Å². The number of likely N-dealkylation sites (N-methyl/N-ethyl adjacent to an activating group) is 1. The van der Waals surface area contributed by atoms with Gasteiger partial charge < -0.3 is 5.32 Å². The molecular formula is C18H28N2O3S. The molecule has 2 unspecified atom stereocenters. The van der Waals surface area contributed by atoms with Crippen LogP contribution in [0.5, 0.6) is 0 Å². The molecule has 2 rings (SSSR count). The minimum absolute atomic E-state index is 0.154. The van der Waals surface area contributed by atoms with Crippen LogP contribution in [0.1, 0.15) is 43.7 Å². The summed E-state index contributed by atoms with van der Waals surface area (Å²) >= 11 is 0. The molecule has 5 nitrogen and oxygen atoms in total. The summed E-state index contributed by atoms with van der Waals surface area (Å²) in [5, 5.41) is 3.00. The second kappa shape index (κ2) is 7.66. The summed E-state index contributed by atoms with van der Waals surface area (Å²) in [5.41, 5.74) is 1.96. The van der Waals surface area contributed by atoms with Gasteiger partial charge in [-0.1, -0.05) is 25.8 Å². The number of hydrogen-bond acceptors (Lipinski definition) is 3. The number of rotatable bonds is 5. The van der Waals surface area contributed by atoms with Gasteiger partial charge in [0.25, 0.3) is 0 Å². The molecule has 1 aliphatic carbocycles. The minimum Gasteiger partial charge on any atom is -0.352 e. The maximum absolute atomic E-state index is 12.6. The quantitative estimate of drug-likeness (QED) is 0.886. The number of aryl methyl sites for hydroxylation is 2. The van der Waals surface area contributed by atoms with Gasteiger partial charge in [0.15, 0.2) is 0 Å². The largest absolute Gasteiger partial charge is 0.352 e. The molecule has 134 valence electrons. The fraction of sp³-hybridized carbons (Fsp3) is 0.611. The van der Waals surface area contributed by atoms with Crippen LogP contribution in [-0.4, -0.2) is 38.3 Å². The van der Waals surface area contributed by atoms with Crippen molar-refractivity contribution in [3.05, 3.63) is 29.3 Å². The predicted molar refractivity (Wildman–Crippen MR) is 95.3 cm³/mol. The molecule has 0 aliphatic heterocycles. The molecule has 6 heteroatoms. The van der Waals surface area contributed by atoms with Crippen LogP contribution in [0, 0.1) is 19.8 Å². The highest BCUT2D eigenvalue weighted by molar-refractivity contribution is 7.89. The lowest BCUT2D eigenvalue weighted by atomic mass is 9.86. The standard InChI is InChI=1S/C18H28N2O3S/c1-13-9-10-16(11-15(13)3)24(22,23)20(4)12-18(21)19-17-8-6-5-7-14(17)2/h9-11,14,17H,5-8,12H2,1-4H3,(H,19,21). The molecule has 1 aromatic carbocycles. The predicted octanol–water partition coefficient (Wildman–Crippen LogP) is 2.62. The van der Waals surface area contributed by atoms with Gasteiger partial charge in [-0.15, -0.1) is 0 Å². The summed E-state index contributed by atoms with van der Waals surface area (Å²) in [6.07, 6.45) is 4.41. The van der Waals surface area contributed by atoms with Gasteiger partial charge in [0.2, 0.25) is 15.9 Å². The second-order valence-corrected chi connectivity index (χ2v) is 8.99. The van der Waals surface area contributed by atoms with E-state index in [1.807, 2.05) is 13.8 Å². The summed E-state index contributed by atoms with van der Waals surface area (Å²) in [7, 11) is -2.20. The van der Waals surface area contributed by atoms with Crippen molar-refractivity contribution in [2.45, 2.75) is 57.4 Å². The summed E-state index contributed by atoms with van der Waals surface area (Å²) in [5.74, 6) is 0.216. The molecular weight excluding hydrogens is 324 g/mol. The van der Waals surface area contributed by atoms with E-state index >= 15 is 0 Å².